The Balaban J connectivity index is 1.22. The molecule has 0 aliphatic carbocycles. The highest BCUT2D eigenvalue weighted by Gasteiger charge is 2.40. The van der Waals surface area contributed by atoms with Gasteiger partial charge in [0.05, 0.1) is 0 Å². The highest BCUT2D eigenvalue weighted by molar-refractivity contribution is 7.21. The Kier molecular flexibility index (Phi) is 5.04. The van der Waals surface area contributed by atoms with Crippen molar-refractivity contribution in [3.63, 3.8) is 0 Å². The average molecular weight is 442 g/mol. The van der Waals surface area contributed by atoms with E-state index in [4.69, 9.17) is 11.6 Å². The fraction of sp³-hybridized carbons (Fsp3) is 0.333. The second-order valence-electron chi connectivity index (χ2n) is 7.44. The van der Waals surface area contributed by atoms with Gasteiger partial charge in [0.15, 0.2) is 5.13 Å². The summed E-state index contributed by atoms with van der Waals surface area (Å²) in [7, 11) is 0. The van der Waals surface area contributed by atoms with Gasteiger partial charge in [-0.15, -0.1) is 0 Å². The second-order valence-corrected chi connectivity index (χ2v) is 8.84. The van der Waals surface area contributed by atoms with E-state index in [-0.39, 0.29) is 11.8 Å². The lowest BCUT2D eigenvalue weighted by molar-refractivity contribution is -0.140. The van der Waals surface area contributed by atoms with E-state index in [0.717, 1.165) is 21.2 Å². The normalized spacial score (nSPS) is 19.7. The van der Waals surface area contributed by atoms with E-state index >= 15 is 0 Å². The molecule has 2 fully saturated rings. The van der Waals surface area contributed by atoms with Crippen LogP contribution in [0.25, 0.3) is 10.3 Å². The van der Waals surface area contributed by atoms with Gasteiger partial charge in [0.2, 0.25) is 11.8 Å². The molecule has 7 nitrogen and oxygen atoms in total. The molecule has 0 radical (unpaired) electrons. The van der Waals surface area contributed by atoms with Crippen LogP contribution in [-0.2, 0) is 9.59 Å². The van der Waals surface area contributed by atoms with Crippen LogP contribution in [0.4, 0.5) is 10.8 Å². The Labute approximate surface area is 182 Å². The van der Waals surface area contributed by atoms with Crippen LogP contribution < -0.4 is 9.80 Å². The molecule has 2 aliphatic rings. The van der Waals surface area contributed by atoms with Crippen LogP contribution in [0.15, 0.2) is 42.6 Å². The number of hydrogen-bond acceptors (Lipinski definition) is 6. The van der Waals surface area contributed by atoms with E-state index < -0.39 is 5.92 Å². The lowest BCUT2D eigenvalue weighted by Gasteiger charge is -2.35. The summed E-state index contributed by atoms with van der Waals surface area (Å²) < 4.78 is 0. The summed E-state index contributed by atoms with van der Waals surface area (Å²) in [6.07, 6.45) is 2.32. The number of anilines is 2. The molecule has 3 aromatic rings. The molecule has 2 amide bonds. The minimum atomic E-state index is -0.598. The van der Waals surface area contributed by atoms with Crippen LogP contribution in [-0.4, -0.2) is 59.4 Å². The minimum Gasteiger partial charge on any atom is -0.344 e. The third-order valence-electron chi connectivity index (χ3n) is 5.66. The zero-order chi connectivity index (χ0) is 20.7. The maximum absolute atomic E-state index is 13.0. The summed E-state index contributed by atoms with van der Waals surface area (Å²) in [5.41, 5.74) is 1.68. The lowest BCUT2D eigenvalue weighted by Crippen LogP contribution is -2.51. The smallest absolute Gasteiger partial charge is 0.239 e. The molecule has 9 heteroatoms. The van der Waals surface area contributed by atoms with Gasteiger partial charge in [0.25, 0.3) is 0 Å². The first-order valence-corrected chi connectivity index (χ1v) is 11.1. The number of carbonyl (C=O) groups is 2. The van der Waals surface area contributed by atoms with Crippen LogP contribution >= 0.6 is 22.9 Å². The Hall–Kier alpha value is -2.71. The summed E-state index contributed by atoms with van der Waals surface area (Å²) >= 11 is 7.51. The minimum absolute atomic E-state index is 0.0675. The van der Waals surface area contributed by atoms with Crippen LogP contribution in [0.2, 0.25) is 5.02 Å². The van der Waals surface area contributed by atoms with Gasteiger partial charge in [-0.2, -0.15) is 0 Å². The molecule has 2 saturated heterocycles. The molecule has 1 aromatic carbocycles. The van der Waals surface area contributed by atoms with Crippen molar-refractivity contribution in [1.29, 1.82) is 0 Å². The van der Waals surface area contributed by atoms with Gasteiger partial charge in [0.1, 0.15) is 16.3 Å². The monoisotopic (exact) mass is 441 g/mol. The quantitative estimate of drug-likeness (QED) is 0.584. The molecule has 0 saturated carbocycles. The van der Waals surface area contributed by atoms with Crippen molar-refractivity contribution in [2.45, 2.75) is 6.42 Å². The van der Waals surface area contributed by atoms with Crippen molar-refractivity contribution in [3.8, 4) is 0 Å². The molecule has 2 aliphatic heterocycles. The summed E-state index contributed by atoms with van der Waals surface area (Å²) in [6, 6.07) is 11.0. The molecule has 0 bridgehead atoms. The zero-order valence-electron chi connectivity index (χ0n) is 16.2. The van der Waals surface area contributed by atoms with Crippen molar-refractivity contribution in [2.75, 3.05) is 42.5 Å². The second kappa shape index (κ2) is 7.85. The number of rotatable bonds is 3. The molecular formula is C21H20ClN5O2S. The molecule has 0 spiro atoms. The number of aromatic nitrogens is 2. The number of thiazole rings is 1. The van der Waals surface area contributed by atoms with E-state index in [1.165, 1.54) is 0 Å². The van der Waals surface area contributed by atoms with E-state index in [2.05, 4.69) is 14.9 Å². The number of benzene rings is 1. The van der Waals surface area contributed by atoms with Gasteiger partial charge in [-0.25, -0.2) is 9.97 Å². The lowest BCUT2D eigenvalue weighted by atomic mass is 10.1. The Morgan fingerprint density at radius 2 is 1.83 bits per heavy atom. The van der Waals surface area contributed by atoms with Gasteiger partial charge in [0, 0.05) is 49.6 Å². The Morgan fingerprint density at radius 1 is 1.07 bits per heavy atom. The van der Waals surface area contributed by atoms with Gasteiger partial charge in [-0.05, 0) is 42.8 Å². The number of halogens is 1. The molecular weight excluding hydrogens is 422 g/mol. The number of pyridine rings is 1. The fourth-order valence-corrected chi connectivity index (χ4v) is 5.11. The number of carbonyl (C=O) groups excluding carboxylic acids is 2. The SMILES string of the molecule is O=C(C1CCN(c2ccc(Cl)cc2)C1=O)N1CCN(c2nc3cccnc3s2)CC1. The molecule has 0 N–H and O–H groups in total. The Morgan fingerprint density at radius 3 is 2.57 bits per heavy atom. The van der Waals surface area contributed by atoms with Gasteiger partial charge >= 0.3 is 0 Å². The van der Waals surface area contributed by atoms with E-state index in [0.29, 0.717) is 44.2 Å². The van der Waals surface area contributed by atoms with E-state index in [1.54, 1.807) is 34.6 Å². The van der Waals surface area contributed by atoms with Crippen molar-refractivity contribution in [1.82, 2.24) is 14.9 Å². The first-order valence-electron chi connectivity index (χ1n) is 9.92. The summed E-state index contributed by atoms with van der Waals surface area (Å²) in [6.45, 7) is 3.14. The van der Waals surface area contributed by atoms with Crippen molar-refractivity contribution in [2.24, 2.45) is 5.92 Å². The predicted octanol–water partition coefficient (Wildman–Crippen LogP) is 3.05. The summed E-state index contributed by atoms with van der Waals surface area (Å²) in [5.74, 6) is -0.789. The molecule has 154 valence electrons. The number of nitrogens with zero attached hydrogens (tertiary/aromatic N) is 5. The number of amides is 2. The Bertz CT molecular complexity index is 1060. The molecule has 1 atom stereocenters. The highest BCUT2D eigenvalue weighted by Crippen LogP contribution is 2.30. The fourth-order valence-electron chi connectivity index (χ4n) is 4.02. The maximum atomic E-state index is 13.0. The van der Waals surface area contributed by atoms with Crippen LogP contribution in [0.3, 0.4) is 0 Å². The van der Waals surface area contributed by atoms with Crippen LogP contribution in [0.5, 0.6) is 0 Å². The predicted molar refractivity (Wildman–Crippen MR) is 118 cm³/mol. The van der Waals surface area contributed by atoms with Crippen molar-refractivity contribution >= 4 is 55.9 Å². The topological polar surface area (TPSA) is 69.6 Å². The van der Waals surface area contributed by atoms with Crippen molar-refractivity contribution < 1.29 is 9.59 Å². The first-order chi connectivity index (χ1) is 14.6. The zero-order valence-corrected chi connectivity index (χ0v) is 17.8. The van der Waals surface area contributed by atoms with E-state index in [9.17, 15) is 9.59 Å². The third-order valence-corrected chi connectivity index (χ3v) is 6.95. The van der Waals surface area contributed by atoms with Gasteiger partial charge in [-0.1, -0.05) is 22.9 Å². The molecule has 1 unspecified atom stereocenters. The van der Waals surface area contributed by atoms with Gasteiger partial charge in [-0.3, -0.25) is 9.59 Å². The molecule has 5 rings (SSSR count). The maximum Gasteiger partial charge on any atom is 0.239 e. The molecule has 2 aromatic heterocycles. The van der Waals surface area contributed by atoms with E-state index in [1.807, 2.05) is 29.2 Å². The largest absolute Gasteiger partial charge is 0.344 e. The average Bonchev–Trinajstić information content (AvgIpc) is 3.38. The standard InChI is InChI=1S/C21H20ClN5O2S/c22-14-3-5-15(6-4-14)27-9-7-16(20(27)29)19(28)25-10-12-26(13-11-25)21-24-17-2-1-8-23-18(17)30-21/h1-6,8,16H,7,9-13H2. The van der Waals surface area contributed by atoms with Crippen molar-refractivity contribution in [3.05, 3.63) is 47.6 Å². The number of fused-ring (bicyclic) bond motifs is 1. The summed E-state index contributed by atoms with van der Waals surface area (Å²) in [5, 5.41) is 1.56. The van der Waals surface area contributed by atoms with Gasteiger partial charge < -0.3 is 14.7 Å². The summed E-state index contributed by atoms with van der Waals surface area (Å²) in [4.78, 5) is 41.5. The third kappa shape index (κ3) is 3.50. The number of piperazine rings is 1. The van der Waals surface area contributed by atoms with Crippen LogP contribution in [0.1, 0.15) is 6.42 Å². The molecule has 4 heterocycles. The number of hydrogen-bond donors (Lipinski definition) is 0. The van der Waals surface area contributed by atoms with Crippen LogP contribution in [0, 0.1) is 5.92 Å². The highest BCUT2D eigenvalue weighted by atomic mass is 35.5. The first kappa shape index (κ1) is 19.3. The molecule has 30 heavy (non-hydrogen) atoms.